The molecule has 5 rings (SSSR count). The maximum atomic E-state index is 13.3. The Labute approximate surface area is 289 Å². The van der Waals surface area contributed by atoms with E-state index in [1.54, 1.807) is 12.2 Å². The quantitative estimate of drug-likeness (QED) is 0.147. The summed E-state index contributed by atoms with van der Waals surface area (Å²) < 4.78 is 17.7. The van der Waals surface area contributed by atoms with Crippen LogP contribution in [-0.4, -0.2) is 41.0 Å². The largest absolute Gasteiger partial charge is 0.488 e. The van der Waals surface area contributed by atoms with Gasteiger partial charge in [0.2, 0.25) is 0 Å². The number of hydrogen-bond donors (Lipinski definition) is 2. The summed E-state index contributed by atoms with van der Waals surface area (Å²) in [5.74, 6) is -0.347. The summed E-state index contributed by atoms with van der Waals surface area (Å²) in [5.41, 5.74) is 5.74. The smallest absolute Gasteiger partial charge is 0.407 e. The van der Waals surface area contributed by atoms with Crippen molar-refractivity contribution >= 4 is 12.1 Å². The van der Waals surface area contributed by atoms with Gasteiger partial charge in [0, 0.05) is 5.92 Å². The Bertz CT molecular complexity index is 1720. The molecular formula is C42H47NO6. The predicted molar refractivity (Wildman–Crippen MR) is 193 cm³/mol. The van der Waals surface area contributed by atoms with Crippen LogP contribution >= 0.6 is 0 Å². The van der Waals surface area contributed by atoms with Crippen LogP contribution in [-0.2, 0) is 22.4 Å². The second-order valence-corrected chi connectivity index (χ2v) is 14.5. The molecule has 2 N–H and O–H groups in total. The first-order chi connectivity index (χ1) is 23.2. The molecule has 0 aliphatic heterocycles. The third-order valence-electron chi connectivity index (χ3n) is 8.15. The Morgan fingerprint density at radius 2 is 1.16 bits per heavy atom. The first-order valence-corrected chi connectivity index (χ1v) is 16.8. The molecule has 4 aromatic carbocycles. The number of nitrogens with one attached hydrogen (secondary N) is 1. The predicted octanol–water partition coefficient (Wildman–Crippen LogP) is 8.99. The molecule has 0 heterocycles. The molecule has 0 bridgehead atoms. The zero-order valence-corrected chi connectivity index (χ0v) is 29.2. The van der Waals surface area contributed by atoms with Crippen LogP contribution in [0.15, 0.2) is 109 Å². The van der Waals surface area contributed by atoms with Gasteiger partial charge in [0.1, 0.15) is 29.3 Å². The molecule has 7 heteroatoms. The molecule has 0 aromatic heterocycles. The Morgan fingerprint density at radius 1 is 0.694 bits per heavy atom. The summed E-state index contributed by atoms with van der Waals surface area (Å²) in [5, 5.41) is 13.1. The molecule has 1 aliphatic rings. The Kier molecular flexibility index (Phi) is 10.8. The normalized spacial score (nSPS) is 14.1. The van der Waals surface area contributed by atoms with Gasteiger partial charge in [0.15, 0.2) is 0 Å². The number of benzene rings is 4. The summed E-state index contributed by atoms with van der Waals surface area (Å²) in [6.45, 7) is 12.1. The van der Waals surface area contributed by atoms with Gasteiger partial charge in [-0.15, -0.1) is 0 Å². The summed E-state index contributed by atoms with van der Waals surface area (Å²) in [6, 6.07) is 31.1. The van der Waals surface area contributed by atoms with Crippen molar-refractivity contribution in [1.29, 1.82) is 0 Å². The molecule has 4 aromatic rings. The second-order valence-electron chi connectivity index (χ2n) is 14.5. The summed E-state index contributed by atoms with van der Waals surface area (Å²) >= 11 is 0. The number of ether oxygens (including phenoxy) is 3. The summed E-state index contributed by atoms with van der Waals surface area (Å²) in [6.07, 6.45) is 3.58. The van der Waals surface area contributed by atoms with Gasteiger partial charge in [-0.3, -0.25) is 4.79 Å². The van der Waals surface area contributed by atoms with Crippen molar-refractivity contribution in [3.8, 4) is 22.6 Å². The lowest BCUT2D eigenvalue weighted by Gasteiger charge is -2.22. The van der Waals surface area contributed by atoms with E-state index in [9.17, 15) is 14.7 Å². The number of alkyl carbamates (subject to hydrolysis) is 1. The van der Waals surface area contributed by atoms with E-state index in [-0.39, 0.29) is 30.1 Å². The van der Waals surface area contributed by atoms with Gasteiger partial charge in [-0.25, -0.2) is 4.79 Å². The van der Waals surface area contributed by atoms with E-state index in [0.29, 0.717) is 6.42 Å². The van der Waals surface area contributed by atoms with Crippen LogP contribution in [0.5, 0.6) is 11.5 Å². The average molecular weight is 662 g/mol. The number of carbonyl (C=O) groups is 2. The van der Waals surface area contributed by atoms with Crippen LogP contribution in [0.3, 0.4) is 0 Å². The fraction of sp³-hybridized carbons (Fsp3) is 0.333. The van der Waals surface area contributed by atoms with Crippen LogP contribution in [0.2, 0.25) is 0 Å². The van der Waals surface area contributed by atoms with Crippen LogP contribution in [0.4, 0.5) is 4.79 Å². The number of amides is 1. The van der Waals surface area contributed by atoms with Gasteiger partial charge >= 0.3 is 12.1 Å². The van der Waals surface area contributed by atoms with E-state index in [0.717, 1.165) is 44.9 Å². The van der Waals surface area contributed by atoms with Crippen LogP contribution in [0.1, 0.15) is 69.7 Å². The molecule has 0 unspecified atom stereocenters. The van der Waals surface area contributed by atoms with Crippen LogP contribution < -0.4 is 14.8 Å². The molecule has 7 nitrogen and oxygen atoms in total. The minimum absolute atomic E-state index is 0.0703. The number of aliphatic carboxylic acids is 1. The summed E-state index contributed by atoms with van der Waals surface area (Å²) in [7, 11) is 0. The van der Waals surface area contributed by atoms with Crippen molar-refractivity contribution in [2.75, 3.05) is 6.61 Å². The highest BCUT2D eigenvalue weighted by atomic mass is 16.5. The minimum Gasteiger partial charge on any atom is -0.488 e. The first kappa shape index (κ1) is 35.3. The maximum absolute atomic E-state index is 13.3. The Balaban J connectivity index is 1.30. The van der Waals surface area contributed by atoms with E-state index in [1.165, 1.54) is 0 Å². The maximum Gasteiger partial charge on any atom is 0.407 e. The van der Waals surface area contributed by atoms with E-state index < -0.39 is 24.0 Å². The molecule has 0 saturated carbocycles. The summed E-state index contributed by atoms with van der Waals surface area (Å²) in [4.78, 5) is 25.7. The topological polar surface area (TPSA) is 94.1 Å². The van der Waals surface area contributed by atoms with E-state index >= 15 is 0 Å². The van der Waals surface area contributed by atoms with E-state index in [2.05, 4.69) is 29.6 Å². The van der Waals surface area contributed by atoms with Gasteiger partial charge in [-0.2, -0.15) is 0 Å². The molecule has 1 amide bonds. The third-order valence-corrected chi connectivity index (χ3v) is 8.15. The molecule has 256 valence electrons. The van der Waals surface area contributed by atoms with Gasteiger partial charge in [-0.05, 0) is 112 Å². The van der Waals surface area contributed by atoms with Gasteiger partial charge < -0.3 is 24.6 Å². The second kappa shape index (κ2) is 15.0. The number of carbonyl (C=O) groups excluding carboxylic acids is 1. The molecule has 49 heavy (non-hydrogen) atoms. The number of fused-ring (bicyclic) bond motifs is 3. The molecule has 1 aliphatic carbocycles. The van der Waals surface area contributed by atoms with E-state index in [4.69, 9.17) is 14.2 Å². The van der Waals surface area contributed by atoms with Gasteiger partial charge in [-0.1, -0.05) is 84.9 Å². The van der Waals surface area contributed by atoms with Crippen molar-refractivity contribution in [2.24, 2.45) is 5.92 Å². The lowest BCUT2D eigenvalue weighted by atomic mass is 9.97. The lowest BCUT2D eigenvalue weighted by molar-refractivity contribution is -0.140. The third kappa shape index (κ3) is 9.99. The van der Waals surface area contributed by atoms with Crippen molar-refractivity contribution in [3.05, 3.63) is 131 Å². The number of hydrogen-bond acceptors (Lipinski definition) is 5. The minimum atomic E-state index is -0.949. The highest BCUT2D eigenvalue weighted by Crippen LogP contribution is 2.44. The van der Waals surface area contributed by atoms with Crippen molar-refractivity contribution in [2.45, 2.75) is 77.5 Å². The van der Waals surface area contributed by atoms with Crippen molar-refractivity contribution < 1.29 is 28.9 Å². The van der Waals surface area contributed by atoms with Gasteiger partial charge in [0.25, 0.3) is 0 Å². The average Bonchev–Trinajstić information content (AvgIpc) is 3.35. The fourth-order valence-electron chi connectivity index (χ4n) is 6.07. The molecule has 0 saturated heterocycles. The van der Waals surface area contributed by atoms with Gasteiger partial charge in [0.05, 0.1) is 12.0 Å². The monoisotopic (exact) mass is 661 g/mol. The molecular weight excluding hydrogens is 614 g/mol. The number of carboxylic acid groups (broad SMARTS) is 1. The Hall–Kier alpha value is -5.04. The fourth-order valence-corrected chi connectivity index (χ4v) is 6.07. The molecule has 0 fully saturated rings. The lowest BCUT2D eigenvalue weighted by Crippen LogP contribution is -2.36. The SMILES string of the molecule is CC(C)(C)Oc1ccc(C[C@H](/C=C/[C@@H](Cc2ccc(OC(C)(C)C)cc2)C(=O)O)NC(=O)OCC2c3ccccc3-c3ccccc32)cc1. The standard InChI is InChI=1S/C42H47NO6/c1-41(2,3)48-32-21-15-28(16-22-32)25-30(39(44)45)19-20-31(26-29-17-23-33(24-18-29)49-42(4,5)6)43-40(46)47-27-38-36-13-9-7-11-34(36)35-12-8-10-14-37(35)38/h7-24,30-31,38H,25-27H2,1-6H3,(H,43,46)(H,44,45)/b20-19+/t30-,31-/m0/s1. The molecule has 2 atom stereocenters. The van der Waals surface area contributed by atoms with Crippen molar-refractivity contribution in [3.63, 3.8) is 0 Å². The zero-order chi connectivity index (χ0) is 35.2. The van der Waals surface area contributed by atoms with E-state index in [1.807, 2.05) is 114 Å². The van der Waals surface area contributed by atoms with Crippen molar-refractivity contribution in [1.82, 2.24) is 5.32 Å². The zero-order valence-electron chi connectivity index (χ0n) is 29.2. The number of carboxylic acids is 1. The highest BCUT2D eigenvalue weighted by Gasteiger charge is 2.29. The molecule has 0 radical (unpaired) electrons. The Morgan fingerprint density at radius 3 is 1.63 bits per heavy atom. The van der Waals surface area contributed by atoms with Crippen LogP contribution in [0.25, 0.3) is 11.1 Å². The number of rotatable bonds is 12. The highest BCUT2D eigenvalue weighted by molar-refractivity contribution is 5.79. The molecule has 0 spiro atoms. The first-order valence-electron chi connectivity index (χ1n) is 16.8. The van der Waals surface area contributed by atoms with Crippen LogP contribution in [0, 0.1) is 5.92 Å².